The van der Waals surface area contributed by atoms with Crippen LogP contribution in [-0.4, -0.2) is 63.6 Å². The number of rotatable bonds is 10. The monoisotopic (exact) mass is 627 g/mol. The lowest BCUT2D eigenvalue weighted by Gasteiger charge is -2.24. The molecule has 1 aromatic heterocycles. The number of nitrogens with zero attached hydrogens (tertiary/aromatic N) is 3. The van der Waals surface area contributed by atoms with Crippen LogP contribution in [0.1, 0.15) is 26.2 Å². The van der Waals surface area contributed by atoms with E-state index in [1.807, 2.05) is 60.0 Å². The summed E-state index contributed by atoms with van der Waals surface area (Å²) in [6, 6.07) is 13.8. The first-order valence-electron chi connectivity index (χ1n) is 14.2. The molecule has 2 aromatic carbocycles. The second-order valence-corrected chi connectivity index (χ2v) is 12.5. The number of thioether (sulfide) groups is 1. The Morgan fingerprint density at radius 2 is 1.66 bits per heavy atom. The summed E-state index contributed by atoms with van der Waals surface area (Å²) in [6.07, 6.45) is 5.20. The summed E-state index contributed by atoms with van der Waals surface area (Å²) in [5, 5.41) is 10.3. The number of benzene rings is 2. The first-order valence-corrected chi connectivity index (χ1v) is 16.0. The SMILES string of the molecule is C=CSC(=C)CC(=O)N1CC=C[C@H]1C(=O)Nc1ccc(-c2csc(-c3ccc(NC(=O)[C@@H]4CCCN4C(C)=O)cc3)n2)cc1. The van der Waals surface area contributed by atoms with Crippen LogP contribution < -0.4 is 10.6 Å². The Balaban J connectivity index is 1.17. The largest absolute Gasteiger partial charge is 0.331 e. The molecule has 5 rings (SSSR count). The van der Waals surface area contributed by atoms with E-state index < -0.39 is 12.1 Å². The van der Waals surface area contributed by atoms with Crippen molar-refractivity contribution in [2.45, 2.75) is 38.3 Å². The van der Waals surface area contributed by atoms with Crippen molar-refractivity contribution >= 4 is 58.1 Å². The Hall–Kier alpha value is -4.48. The number of amides is 4. The third-order valence-electron chi connectivity index (χ3n) is 7.46. The van der Waals surface area contributed by atoms with E-state index >= 15 is 0 Å². The molecule has 0 aliphatic carbocycles. The fourth-order valence-electron chi connectivity index (χ4n) is 5.25. The topological polar surface area (TPSA) is 112 Å². The van der Waals surface area contributed by atoms with Gasteiger partial charge in [0.25, 0.3) is 5.91 Å². The summed E-state index contributed by atoms with van der Waals surface area (Å²) in [5.74, 6) is -0.692. The molecular formula is C33H33N5O4S2. The molecule has 2 N–H and O–H groups in total. The fourth-order valence-corrected chi connectivity index (χ4v) is 6.53. The minimum atomic E-state index is -0.678. The Bertz CT molecular complexity index is 1610. The zero-order valence-corrected chi connectivity index (χ0v) is 26.0. The van der Waals surface area contributed by atoms with E-state index in [1.54, 1.807) is 16.4 Å². The van der Waals surface area contributed by atoms with Crippen molar-refractivity contribution in [2.75, 3.05) is 23.7 Å². The van der Waals surface area contributed by atoms with Gasteiger partial charge in [-0.2, -0.15) is 0 Å². The van der Waals surface area contributed by atoms with E-state index in [-0.39, 0.29) is 30.0 Å². The molecule has 0 saturated carbocycles. The highest BCUT2D eigenvalue weighted by molar-refractivity contribution is 8.05. The van der Waals surface area contributed by atoms with Gasteiger partial charge in [0.05, 0.1) is 12.1 Å². The second kappa shape index (κ2) is 13.9. The maximum Gasteiger partial charge on any atom is 0.251 e. The molecule has 0 radical (unpaired) electrons. The molecule has 3 aromatic rings. The van der Waals surface area contributed by atoms with Crippen LogP contribution >= 0.6 is 23.1 Å². The van der Waals surface area contributed by atoms with E-state index in [0.29, 0.717) is 35.8 Å². The molecule has 1 fully saturated rings. The van der Waals surface area contributed by atoms with Crippen molar-refractivity contribution in [3.05, 3.63) is 89.5 Å². The molecule has 226 valence electrons. The van der Waals surface area contributed by atoms with Gasteiger partial charge in [0.15, 0.2) is 0 Å². The van der Waals surface area contributed by atoms with Gasteiger partial charge < -0.3 is 20.4 Å². The summed E-state index contributed by atoms with van der Waals surface area (Å²) in [4.78, 5) is 58.9. The van der Waals surface area contributed by atoms with Crippen LogP contribution in [0.15, 0.2) is 89.5 Å². The first kappa shape index (κ1) is 31.0. The summed E-state index contributed by atoms with van der Waals surface area (Å²) >= 11 is 2.82. The van der Waals surface area contributed by atoms with Crippen molar-refractivity contribution < 1.29 is 19.2 Å². The highest BCUT2D eigenvalue weighted by Crippen LogP contribution is 2.31. The minimum absolute atomic E-state index is 0.0833. The van der Waals surface area contributed by atoms with Crippen molar-refractivity contribution in [1.82, 2.24) is 14.8 Å². The Morgan fingerprint density at radius 3 is 2.32 bits per heavy atom. The van der Waals surface area contributed by atoms with Gasteiger partial charge in [-0.15, -0.1) is 23.1 Å². The van der Waals surface area contributed by atoms with Gasteiger partial charge in [-0.25, -0.2) is 4.98 Å². The molecule has 2 aliphatic heterocycles. The van der Waals surface area contributed by atoms with E-state index in [4.69, 9.17) is 4.98 Å². The van der Waals surface area contributed by atoms with Crippen molar-refractivity contribution in [1.29, 1.82) is 0 Å². The second-order valence-electron chi connectivity index (χ2n) is 10.5. The Morgan fingerprint density at radius 1 is 1.00 bits per heavy atom. The van der Waals surface area contributed by atoms with Gasteiger partial charge in [0, 0.05) is 47.9 Å². The first-order chi connectivity index (χ1) is 21.2. The minimum Gasteiger partial charge on any atom is -0.331 e. The standard InChI is InChI=1S/C33H33N5O4S2/c1-4-43-21(2)19-30(40)38-18-6-8-29(38)32(42)35-25-13-9-23(10-14-25)27-20-44-33(36-27)24-11-15-26(16-12-24)34-31(41)28-7-5-17-37(28)22(3)39/h4,6,8-16,20,28-29H,1-2,5,7,17-19H2,3H3,(H,34,41)(H,35,42)/t28-,29-/m0/s1. The number of likely N-dealkylation sites (tertiary alicyclic amines) is 1. The van der Waals surface area contributed by atoms with Crippen LogP contribution in [0.2, 0.25) is 0 Å². The number of hydrogen-bond donors (Lipinski definition) is 2. The lowest BCUT2D eigenvalue weighted by molar-refractivity contribution is -0.135. The molecule has 2 atom stereocenters. The van der Waals surface area contributed by atoms with E-state index in [9.17, 15) is 19.2 Å². The highest BCUT2D eigenvalue weighted by atomic mass is 32.2. The molecule has 4 amide bonds. The smallest absolute Gasteiger partial charge is 0.251 e. The molecule has 2 aliphatic rings. The predicted octanol–water partition coefficient (Wildman–Crippen LogP) is 5.91. The quantitative estimate of drug-likeness (QED) is 0.270. The number of nitrogens with one attached hydrogen (secondary N) is 2. The van der Waals surface area contributed by atoms with Gasteiger partial charge >= 0.3 is 0 Å². The Kier molecular flexibility index (Phi) is 9.76. The lowest BCUT2D eigenvalue weighted by Crippen LogP contribution is -2.43. The average Bonchev–Trinajstić information content (AvgIpc) is 3.79. The number of thiazole rings is 1. The van der Waals surface area contributed by atoms with Gasteiger partial charge in [-0.3, -0.25) is 19.2 Å². The molecule has 9 nitrogen and oxygen atoms in total. The summed E-state index contributed by atoms with van der Waals surface area (Å²) in [7, 11) is 0. The Labute approximate surface area is 264 Å². The maximum atomic E-state index is 13.0. The van der Waals surface area contributed by atoms with Crippen molar-refractivity contribution in [2.24, 2.45) is 0 Å². The van der Waals surface area contributed by atoms with Gasteiger partial charge in [0.1, 0.15) is 17.1 Å². The third-order valence-corrected chi connectivity index (χ3v) is 8.99. The van der Waals surface area contributed by atoms with Crippen LogP contribution in [0, 0.1) is 0 Å². The van der Waals surface area contributed by atoms with Crippen molar-refractivity contribution in [3.63, 3.8) is 0 Å². The number of aromatic nitrogens is 1. The highest BCUT2D eigenvalue weighted by Gasteiger charge is 2.32. The maximum absolute atomic E-state index is 13.0. The lowest BCUT2D eigenvalue weighted by atomic mass is 10.1. The van der Waals surface area contributed by atoms with E-state index in [1.165, 1.54) is 34.9 Å². The molecule has 1 saturated heterocycles. The summed E-state index contributed by atoms with van der Waals surface area (Å²) in [5.41, 5.74) is 3.91. The number of carbonyl (C=O) groups excluding carboxylic acids is 4. The molecule has 11 heteroatoms. The van der Waals surface area contributed by atoms with Gasteiger partial charge in [-0.1, -0.05) is 37.4 Å². The molecule has 0 bridgehead atoms. The zero-order chi connectivity index (χ0) is 31.2. The van der Waals surface area contributed by atoms with Gasteiger partial charge in [0.2, 0.25) is 17.7 Å². The van der Waals surface area contributed by atoms with Crippen LogP contribution in [-0.2, 0) is 19.2 Å². The van der Waals surface area contributed by atoms with Crippen LogP contribution in [0.5, 0.6) is 0 Å². The fraction of sp³-hybridized carbons (Fsp3) is 0.242. The molecule has 44 heavy (non-hydrogen) atoms. The zero-order valence-electron chi connectivity index (χ0n) is 24.3. The van der Waals surface area contributed by atoms with Gasteiger partial charge in [-0.05, 0) is 59.6 Å². The van der Waals surface area contributed by atoms with E-state index in [2.05, 4.69) is 23.8 Å². The predicted molar refractivity (Wildman–Crippen MR) is 177 cm³/mol. The number of hydrogen-bond acceptors (Lipinski definition) is 7. The van der Waals surface area contributed by atoms with Crippen LogP contribution in [0.4, 0.5) is 11.4 Å². The molecule has 0 unspecified atom stereocenters. The van der Waals surface area contributed by atoms with Crippen molar-refractivity contribution in [3.8, 4) is 21.8 Å². The number of anilines is 2. The normalized spacial score (nSPS) is 17.4. The third kappa shape index (κ3) is 7.17. The van der Waals surface area contributed by atoms with Crippen LogP contribution in [0.3, 0.4) is 0 Å². The summed E-state index contributed by atoms with van der Waals surface area (Å²) < 4.78 is 0. The summed E-state index contributed by atoms with van der Waals surface area (Å²) in [6.45, 7) is 10.00. The molecule has 3 heterocycles. The molecular weight excluding hydrogens is 595 g/mol. The number of carbonyl (C=O) groups is 4. The molecule has 0 spiro atoms. The average molecular weight is 628 g/mol. The van der Waals surface area contributed by atoms with Crippen LogP contribution in [0.25, 0.3) is 21.8 Å². The van der Waals surface area contributed by atoms with E-state index in [0.717, 1.165) is 28.2 Å².